The van der Waals surface area contributed by atoms with Gasteiger partial charge in [-0.25, -0.2) is 9.48 Å². The number of carbonyl (C=O) groups is 1. The Bertz CT molecular complexity index is 426. The van der Waals surface area contributed by atoms with Crippen LogP contribution in [0.5, 0.6) is 0 Å². The standard InChI is InChI=1S/C12H23N3O3Si/c1-5-18-12(16)10-8-11(13)14-15(10)9-17-6-7-19(2,3)4/h8H,5-7,9H2,1-4H3,(H2,13,14). The zero-order valence-corrected chi connectivity index (χ0v) is 13.1. The zero-order chi connectivity index (χ0) is 14.5. The summed E-state index contributed by atoms with van der Waals surface area (Å²) in [6.07, 6.45) is 0. The first-order valence-corrected chi connectivity index (χ1v) is 10.1. The van der Waals surface area contributed by atoms with Gasteiger partial charge < -0.3 is 15.2 Å². The van der Waals surface area contributed by atoms with E-state index in [4.69, 9.17) is 15.2 Å². The van der Waals surface area contributed by atoms with Crippen molar-refractivity contribution in [3.63, 3.8) is 0 Å². The number of nitrogens with zero attached hydrogens (tertiary/aromatic N) is 2. The van der Waals surface area contributed by atoms with Crippen molar-refractivity contribution in [1.82, 2.24) is 9.78 Å². The van der Waals surface area contributed by atoms with Crippen LogP contribution in [-0.2, 0) is 16.2 Å². The number of ether oxygens (including phenoxy) is 2. The summed E-state index contributed by atoms with van der Waals surface area (Å²) in [4.78, 5) is 11.7. The number of hydrogen-bond acceptors (Lipinski definition) is 5. The lowest BCUT2D eigenvalue weighted by molar-refractivity contribution is 0.0455. The Kier molecular flexibility index (Phi) is 5.55. The molecule has 108 valence electrons. The Balaban J connectivity index is 2.56. The molecule has 6 nitrogen and oxygen atoms in total. The molecule has 0 bridgehead atoms. The topological polar surface area (TPSA) is 79.4 Å². The van der Waals surface area contributed by atoms with E-state index in [0.29, 0.717) is 18.9 Å². The van der Waals surface area contributed by atoms with Gasteiger partial charge in [-0.1, -0.05) is 19.6 Å². The van der Waals surface area contributed by atoms with Gasteiger partial charge in [0, 0.05) is 20.7 Å². The SMILES string of the molecule is CCOC(=O)c1cc(N)nn1COCC[Si](C)(C)C. The molecule has 0 atom stereocenters. The molecule has 0 unspecified atom stereocenters. The Labute approximate surface area is 114 Å². The summed E-state index contributed by atoms with van der Waals surface area (Å²) in [5, 5.41) is 4.03. The van der Waals surface area contributed by atoms with Crippen LogP contribution >= 0.6 is 0 Å². The molecule has 0 radical (unpaired) electrons. The highest BCUT2D eigenvalue weighted by molar-refractivity contribution is 6.76. The van der Waals surface area contributed by atoms with Crippen LogP contribution in [0.2, 0.25) is 25.7 Å². The molecule has 0 saturated heterocycles. The van der Waals surface area contributed by atoms with Crippen LogP contribution in [0.1, 0.15) is 17.4 Å². The molecule has 0 aromatic carbocycles. The second-order valence-corrected chi connectivity index (χ2v) is 11.1. The summed E-state index contributed by atoms with van der Waals surface area (Å²) in [5.74, 6) is -0.141. The molecule has 7 heteroatoms. The number of anilines is 1. The highest BCUT2D eigenvalue weighted by Crippen LogP contribution is 2.10. The predicted octanol–water partition coefficient (Wildman–Crippen LogP) is 1.95. The van der Waals surface area contributed by atoms with Crippen LogP contribution < -0.4 is 5.73 Å². The van der Waals surface area contributed by atoms with Crippen LogP contribution in [0.3, 0.4) is 0 Å². The molecule has 0 aliphatic carbocycles. The average Bonchev–Trinajstić information content (AvgIpc) is 2.65. The number of rotatable bonds is 7. The highest BCUT2D eigenvalue weighted by Gasteiger charge is 2.16. The van der Waals surface area contributed by atoms with E-state index in [1.807, 2.05) is 0 Å². The van der Waals surface area contributed by atoms with E-state index in [0.717, 1.165) is 6.04 Å². The van der Waals surface area contributed by atoms with Gasteiger partial charge in [0.1, 0.15) is 12.5 Å². The Hall–Kier alpha value is -1.34. The predicted molar refractivity (Wildman–Crippen MR) is 76.7 cm³/mol. The second-order valence-electron chi connectivity index (χ2n) is 5.52. The molecule has 1 aromatic heterocycles. The van der Waals surface area contributed by atoms with Crippen molar-refractivity contribution in [2.45, 2.75) is 39.3 Å². The van der Waals surface area contributed by atoms with Crippen molar-refractivity contribution >= 4 is 19.9 Å². The maximum absolute atomic E-state index is 11.7. The third-order valence-electron chi connectivity index (χ3n) is 2.49. The van der Waals surface area contributed by atoms with E-state index < -0.39 is 14.0 Å². The van der Waals surface area contributed by atoms with Crippen molar-refractivity contribution in [2.75, 3.05) is 18.9 Å². The monoisotopic (exact) mass is 285 g/mol. The van der Waals surface area contributed by atoms with E-state index in [9.17, 15) is 4.79 Å². The van der Waals surface area contributed by atoms with Gasteiger partial charge in [-0.15, -0.1) is 0 Å². The van der Waals surface area contributed by atoms with Gasteiger partial charge in [0.05, 0.1) is 6.61 Å². The molecule has 0 aliphatic heterocycles. The summed E-state index contributed by atoms with van der Waals surface area (Å²) in [5.41, 5.74) is 5.92. The Morgan fingerprint density at radius 2 is 2.16 bits per heavy atom. The number of carbonyl (C=O) groups excluding carboxylic acids is 1. The van der Waals surface area contributed by atoms with Crippen LogP contribution in [0, 0.1) is 0 Å². The summed E-state index contributed by atoms with van der Waals surface area (Å²) in [6, 6.07) is 2.57. The van der Waals surface area contributed by atoms with E-state index >= 15 is 0 Å². The molecule has 2 N–H and O–H groups in total. The maximum Gasteiger partial charge on any atom is 0.356 e. The van der Waals surface area contributed by atoms with Crippen molar-refractivity contribution in [3.05, 3.63) is 11.8 Å². The first-order valence-electron chi connectivity index (χ1n) is 6.41. The number of esters is 1. The first kappa shape index (κ1) is 15.7. The quantitative estimate of drug-likeness (QED) is 0.470. The number of aromatic nitrogens is 2. The van der Waals surface area contributed by atoms with Crippen molar-refractivity contribution in [1.29, 1.82) is 0 Å². The van der Waals surface area contributed by atoms with Gasteiger partial charge in [-0.2, -0.15) is 5.10 Å². The smallest absolute Gasteiger partial charge is 0.356 e. The molecule has 19 heavy (non-hydrogen) atoms. The minimum atomic E-state index is -1.11. The van der Waals surface area contributed by atoms with Crippen molar-refractivity contribution in [3.8, 4) is 0 Å². The van der Waals surface area contributed by atoms with Gasteiger partial charge in [0.25, 0.3) is 0 Å². The minimum Gasteiger partial charge on any atom is -0.461 e. The van der Waals surface area contributed by atoms with E-state index in [-0.39, 0.29) is 12.5 Å². The lowest BCUT2D eigenvalue weighted by Gasteiger charge is -2.15. The molecule has 0 aliphatic rings. The first-order chi connectivity index (χ1) is 8.83. The third-order valence-corrected chi connectivity index (χ3v) is 4.20. The summed E-state index contributed by atoms with van der Waals surface area (Å²) in [7, 11) is -1.11. The number of hydrogen-bond donors (Lipinski definition) is 1. The van der Waals surface area contributed by atoms with Gasteiger partial charge in [0.2, 0.25) is 0 Å². The van der Waals surface area contributed by atoms with Gasteiger partial charge in [-0.3, -0.25) is 0 Å². The van der Waals surface area contributed by atoms with Crippen LogP contribution in [0.25, 0.3) is 0 Å². The average molecular weight is 285 g/mol. The summed E-state index contributed by atoms with van der Waals surface area (Å²) in [6.45, 7) is 9.81. The zero-order valence-electron chi connectivity index (χ0n) is 12.1. The fraction of sp³-hybridized carbons (Fsp3) is 0.667. The van der Waals surface area contributed by atoms with E-state index in [1.54, 1.807) is 6.92 Å². The lowest BCUT2D eigenvalue weighted by atomic mass is 10.4. The third kappa shape index (κ3) is 5.44. The summed E-state index contributed by atoms with van der Waals surface area (Å²) < 4.78 is 11.9. The molecule has 0 fully saturated rings. The van der Waals surface area contributed by atoms with Gasteiger partial charge >= 0.3 is 5.97 Å². The molecule has 0 spiro atoms. The van der Waals surface area contributed by atoms with E-state index in [1.165, 1.54) is 10.7 Å². The Morgan fingerprint density at radius 1 is 1.47 bits per heavy atom. The van der Waals surface area contributed by atoms with Gasteiger partial charge in [-0.05, 0) is 13.0 Å². The molecule has 0 amide bonds. The molecule has 0 saturated carbocycles. The fourth-order valence-electron chi connectivity index (χ4n) is 1.43. The van der Waals surface area contributed by atoms with Crippen LogP contribution in [0.4, 0.5) is 5.82 Å². The van der Waals surface area contributed by atoms with E-state index in [2.05, 4.69) is 24.7 Å². The second kappa shape index (κ2) is 6.72. The Morgan fingerprint density at radius 3 is 2.74 bits per heavy atom. The van der Waals surface area contributed by atoms with Crippen LogP contribution in [0.15, 0.2) is 6.07 Å². The minimum absolute atomic E-state index is 0.218. The highest BCUT2D eigenvalue weighted by atomic mass is 28.3. The number of nitrogens with two attached hydrogens (primary N) is 1. The molecule has 1 aromatic rings. The fourth-order valence-corrected chi connectivity index (χ4v) is 2.19. The number of nitrogen functional groups attached to an aromatic ring is 1. The van der Waals surface area contributed by atoms with Crippen LogP contribution in [-0.4, -0.2) is 37.0 Å². The summed E-state index contributed by atoms with van der Waals surface area (Å²) >= 11 is 0. The molecule has 1 heterocycles. The van der Waals surface area contributed by atoms with Crippen molar-refractivity contribution < 1.29 is 14.3 Å². The molecular formula is C12H23N3O3Si. The largest absolute Gasteiger partial charge is 0.461 e. The molecule has 1 rings (SSSR count). The normalized spacial score (nSPS) is 11.6. The van der Waals surface area contributed by atoms with Gasteiger partial charge in [0.15, 0.2) is 5.69 Å². The maximum atomic E-state index is 11.7. The van der Waals surface area contributed by atoms with Crippen molar-refractivity contribution in [2.24, 2.45) is 0 Å². The lowest BCUT2D eigenvalue weighted by Crippen LogP contribution is -2.22. The molecular weight excluding hydrogens is 262 g/mol.